The van der Waals surface area contributed by atoms with Gasteiger partial charge in [-0.25, -0.2) is 4.39 Å². The first-order valence-electron chi connectivity index (χ1n) is 7.32. The number of nitrogens with one attached hydrogen (secondary N) is 1. The van der Waals surface area contributed by atoms with E-state index in [9.17, 15) is 9.18 Å². The van der Waals surface area contributed by atoms with Crippen LogP contribution in [0.4, 0.5) is 16.1 Å². The molecule has 3 rings (SSSR count). The molecule has 0 spiro atoms. The van der Waals surface area contributed by atoms with Crippen molar-refractivity contribution >= 4 is 28.8 Å². The van der Waals surface area contributed by atoms with Gasteiger partial charge in [-0.15, -0.1) is 0 Å². The molecule has 0 fully saturated rings. The fraction of sp³-hybridized carbons (Fsp3) is 0.176. The van der Waals surface area contributed by atoms with E-state index in [0.29, 0.717) is 12.1 Å². The number of ether oxygens (including phenoxy) is 1. The zero-order chi connectivity index (χ0) is 17.1. The fourth-order valence-electron chi connectivity index (χ4n) is 2.35. The van der Waals surface area contributed by atoms with Crippen LogP contribution in [-0.2, 0) is 22.5 Å². The van der Waals surface area contributed by atoms with E-state index in [1.54, 1.807) is 6.07 Å². The van der Waals surface area contributed by atoms with Gasteiger partial charge in [-0.2, -0.15) is 4.98 Å². The van der Waals surface area contributed by atoms with E-state index in [2.05, 4.69) is 15.0 Å². The molecule has 124 valence electrons. The van der Waals surface area contributed by atoms with Gasteiger partial charge in [-0.3, -0.25) is 4.79 Å². The number of oxazole rings is 1. The Labute approximate surface area is 137 Å². The summed E-state index contributed by atoms with van der Waals surface area (Å²) in [4.78, 5) is 15.5. The van der Waals surface area contributed by atoms with Gasteiger partial charge in [0, 0.05) is 17.8 Å². The van der Waals surface area contributed by atoms with Gasteiger partial charge in [-0.05, 0) is 17.7 Å². The minimum atomic E-state index is -0.620. The molecule has 24 heavy (non-hydrogen) atoms. The number of rotatable bonds is 5. The SMILES string of the molecule is COC(=O)Cc1ccc2nc(Nc3ccccc3CN)oc2c1F. The zero-order valence-corrected chi connectivity index (χ0v) is 13.0. The van der Waals surface area contributed by atoms with Crippen LogP contribution in [0.3, 0.4) is 0 Å². The predicted octanol–water partition coefficient (Wildman–Crippen LogP) is 2.88. The number of halogens is 1. The van der Waals surface area contributed by atoms with Gasteiger partial charge in [0.25, 0.3) is 6.01 Å². The summed E-state index contributed by atoms with van der Waals surface area (Å²) in [5.74, 6) is -1.14. The van der Waals surface area contributed by atoms with Gasteiger partial charge in [-0.1, -0.05) is 24.3 Å². The molecule has 0 bridgehead atoms. The first kappa shape index (κ1) is 15.9. The van der Waals surface area contributed by atoms with E-state index in [-0.39, 0.29) is 23.6 Å². The highest BCUT2D eigenvalue weighted by Crippen LogP contribution is 2.27. The zero-order valence-electron chi connectivity index (χ0n) is 13.0. The summed E-state index contributed by atoms with van der Waals surface area (Å²) in [6.45, 7) is 0.348. The number of fused-ring (bicyclic) bond motifs is 1. The highest BCUT2D eigenvalue weighted by Gasteiger charge is 2.17. The van der Waals surface area contributed by atoms with Gasteiger partial charge in [0.05, 0.1) is 13.5 Å². The Balaban J connectivity index is 1.94. The highest BCUT2D eigenvalue weighted by molar-refractivity contribution is 5.80. The van der Waals surface area contributed by atoms with Crippen LogP contribution in [0.25, 0.3) is 11.1 Å². The molecule has 7 heteroatoms. The first-order chi connectivity index (χ1) is 11.6. The maximum atomic E-state index is 14.5. The van der Waals surface area contributed by atoms with Crippen molar-refractivity contribution in [3.8, 4) is 0 Å². The van der Waals surface area contributed by atoms with Crippen LogP contribution in [0, 0.1) is 5.82 Å². The number of hydrogen-bond acceptors (Lipinski definition) is 6. The van der Waals surface area contributed by atoms with Crippen molar-refractivity contribution in [3.63, 3.8) is 0 Å². The predicted molar refractivity (Wildman–Crippen MR) is 87.3 cm³/mol. The van der Waals surface area contributed by atoms with E-state index in [0.717, 1.165) is 11.3 Å². The van der Waals surface area contributed by atoms with Crippen molar-refractivity contribution in [1.29, 1.82) is 0 Å². The van der Waals surface area contributed by atoms with Gasteiger partial charge in [0.2, 0.25) is 0 Å². The number of aromatic nitrogens is 1. The fourth-order valence-corrected chi connectivity index (χ4v) is 2.35. The molecule has 0 aliphatic rings. The Bertz CT molecular complexity index is 892. The standard InChI is InChI=1S/C17H16FN3O3/c1-23-14(22)8-10-6-7-13-16(15(10)18)24-17(21-13)20-12-5-3-2-4-11(12)9-19/h2-7H,8-9,19H2,1H3,(H,20,21). The van der Waals surface area contributed by atoms with Gasteiger partial charge < -0.3 is 20.2 Å². The van der Waals surface area contributed by atoms with Crippen LogP contribution in [0.15, 0.2) is 40.8 Å². The number of carbonyl (C=O) groups excluding carboxylic acids is 1. The lowest BCUT2D eigenvalue weighted by molar-refractivity contribution is -0.139. The van der Waals surface area contributed by atoms with Crippen molar-refractivity contribution in [2.45, 2.75) is 13.0 Å². The van der Waals surface area contributed by atoms with E-state index < -0.39 is 11.8 Å². The molecule has 0 aliphatic carbocycles. The second-order valence-corrected chi connectivity index (χ2v) is 5.15. The molecule has 0 atom stereocenters. The maximum absolute atomic E-state index is 14.5. The average molecular weight is 329 g/mol. The lowest BCUT2D eigenvalue weighted by atomic mass is 10.1. The van der Waals surface area contributed by atoms with Crippen LogP contribution in [-0.4, -0.2) is 18.1 Å². The molecule has 0 amide bonds. The summed E-state index contributed by atoms with van der Waals surface area (Å²) in [5.41, 5.74) is 7.85. The molecule has 2 aromatic carbocycles. The van der Waals surface area contributed by atoms with Crippen LogP contribution in [0.2, 0.25) is 0 Å². The summed E-state index contributed by atoms with van der Waals surface area (Å²) in [6.07, 6.45) is -0.169. The van der Waals surface area contributed by atoms with Crippen LogP contribution >= 0.6 is 0 Å². The summed E-state index contributed by atoms with van der Waals surface area (Å²) in [7, 11) is 1.25. The molecule has 1 heterocycles. The number of para-hydroxylation sites is 1. The molecular formula is C17H16FN3O3. The second-order valence-electron chi connectivity index (χ2n) is 5.15. The van der Waals surface area contributed by atoms with Gasteiger partial charge >= 0.3 is 5.97 Å². The Morgan fingerprint density at radius 2 is 2.08 bits per heavy atom. The quantitative estimate of drug-likeness (QED) is 0.700. The molecule has 1 aromatic heterocycles. The van der Waals surface area contributed by atoms with Crippen molar-refractivity contribution in [1.82, 2.24) is 4.98 Å². The number of benzene rings is 2. The van der Waals surface area contributed by atoms with Crippen LogP contribution in [0.1, 0.15) is 11.1 Å². The van der Waals surface area contributed by atoms with E-state index in [1.807, 2.05) is 24.3 Å². The number of methoxy groups -OCH3 is 1. The Morgan fingerprint density at radius 3 is 2.83 bits per heavy atom. The number of hydrogen-bond donors (Lipinski definition) is 2. The topological polar surface area (TPSA) is 90.4 Å². The molecule has 0 saturated heterocycles. The third-order valence-corrected chi connectivity index (χ3v) is 3.62. The minimum Gasteiger partial charge on any atom is -0.469 e. The second kappa shape index (κ2) is 6.67. The van der Waals surface area contributed by atoms with Crippen molar-refractivity contribution in [2.75, 3.05) is 12.4 Å². The van der Waals surface area contributed by atoms with Crippen molar-refractivity contribution in [2.24, 2.45) is 5.73 Å². The van der Waals surface area contributed by atoms with Crippen molar-refractivity contribution < 1.29 is 18.3 Å². The number of nitrogens with zero attached hydrogens (tertiary/aromatic N) is 1. The molecule has 0 aliphatic heterocycles. The number of esters is 1. The van der Waals surface area contributed by atoms with Crippen molar-refractivity contribution in [3.05, 3.63) is 53.3 Å². The monoisotopic (exact) mass is 329 g/mol. The van der Waals surface area contributed by atoms with E-state index in [4.69, 9.17) is 10.2 Å². The van der Waals surface area contributed by atoms with E-state index >= 15 is 0 Å². The molecule has 0 unspecified atom stereocenters. The van der Waals surface area contributed by atoms with Crippen LogP contribution in [0.5, 0.6) is 0 Å². The summed E-state index contributed by atoms with van der Waals surface area (Å²) in [5, 5.41) is 3.00. The maximum Gasteiger partial charge on any atom is 0.310 e. The Kier molecular flexibility index (Phi) is 4.43. The number of anilines is 2. The molecular weight excluding hydrogens is 313 g/mol. The normalized spacial score (nSPS) is 10.8. The number of carbonyl (C=O) groups is 1. The smallest absolute Gasteiger partial charge is 0.310 e. The largest absolute Gasteiger partial charge is 0.469 e. The molecule has 0 saturated carbocycles. The molecule has 3 aromatic rings. The highest BCUT2D eigenvalue weighted by atomic mass is 19.1. The van der Waals surface area contributed by atoms with Gasteiger partial charge in [0.15, 0.2) is 11.4 Å². The Hall–Kier alpha value is -2.93. The first-order valence-corrected chi connectivity index (χ1v) is 7.32. The lowest BCUT2D eigenvalue weighted by Gasteiger charge is -2.06. The van der Waals surface area contributed by atoms with E-state index in [1.165, 1.54) is 13.2 Å². The number of nitrogens with two attached hydrogens (primary N) is 1. The molecule has 3 N–H and O–H groups in total. The minimum absolute atomic E-state index is 0.0101. The van der Waals surface area contributed by atoms with Gasteiger partial charge in [0.1, 0.15) is 5.52 Å². The third-order valence-electron chi connectivity index (χ3n) is 3.62. The summed E-state index contributed by atoms with van der Waals surface area (Å²) < 4.78 is 24.5. The average Bonchev–Trinajstić information content (AvgIpc) is 3.01. The third kappa shape index (κ3) is 3.07. The molecule has 0 radical (unpaired) electrons. The van der Waals surface area contributed by atoms with Crippen LogP contribution < -0.4 is 11.1 Å². The molecule has 6 nitrogen and oxygen atoms in total. The summed E-state index contributed by atoms with van der Waals surface area (Å²) >= 11 is 0. The lowest BCUT2D eigenvalue weighted by Crippen LogP contribution is -2.06. The summed E-state index contributed by atoms with van der Waals surface area (Å²) in [6, 6.07) is 10.7. The Morgan fingerprint density at radius 1 is 1.29 bits per heavy atom.